The van der Waals surface area contributed by atoms with Crippen LogP contribution in [0.3, 0.4) is 0 Å². The van der Waals surface area contributed by atoms with Crippen LogP contribution in [0.25, 0.3) is 10.9 Å². The van der Waals surface area contributed by atoms with E-state index in [9.17, 15) is 9.59 Å². The number of ether oxygens (including phenoxy) is 1. The van der Waals surface area contributed by atoms with Crippen LogP contribution in [0.2, 0.25) is 0 Å². The number of H-pyrrole nitrogens is 1. The van der Waals surface area contributed by atoms with Gasteiger partial charge in [-0.25, -0.2) is 0 Å². The number of aromatic nitrogens is 1. The molecule has 5 nitrogen and oxygen atoms in total. The van der Waals surface area contributed by atoms with Crippen LogP contribution in [0.4, 0.5) is 0 Å². The highest BCUT2D eigenvalue weighted by molar-refractivity contribution is 6.05. The number of Topliss-reactive ketones (excluding diaryl/α,β-unsaturated/α-hetero) is 2. The molecule has 0 radical (unpaired) electrons. The monoisotopic (exact) mass is 330 g/mol. The molecule has 0 aliphatic rings. The molecular weight excluding hydrogens is 304 g/mol. The van der Waals surface area contributed by atoms with Crippen LogP contribution in [0, 0.1) is 5.41 Å². The van der Waals surface area contributed by atoms with Gasteiger partial charge in [0.2, 0.25) is 0 Å². The van der Waals surface area contributed by atoms with Crippen molar-refractivity contribution in [3.8, 4) is 5.75 Å². The molecule has 5 heteroatoms. The van der Waals surface area contributed by atoms with Gasteiger partial charge in [0.15, 0.2) is 11.6 Å². The summed E-state index contributed by atoms with van der Waals surface area (Å²) in [5, 5.41) is 0.841. The number of hydrogen-bond donors (Lipinski definition) is 1. The van der Waals surface area contributed by atoms with Crippen molar-refractivity contribution < 1.29 is 14.3 Å². The summed E-state index contributed by atoms with van der Waals surface area (Å²) in [5.74, 6) is 0.535. The molecule has 1 aromatic carbocycles. The standard InChI is InChI=1S/C19H26N2O3/c1-12(22)14-9-13-10-16(18(23)19(2,3)4)20-15(13)11-17(14)24-8-7-21(5)6/h9-11,20H,7-8H2,1-6H3. The second-order valence-corrected chi connectivity index (χ2v) is 7.41. The Morgan fingerprint density at radius 3 is 2.38 bits per heavy atom. The van der Waals surface area contributed by atoms with Gasteiger partial charge in [-0.05, 0) is 33.2 Å². The average Bonchev–Trinajstić information content (AvgIpc) is 2.86. The predicted molar refractivity (Wildman–Crippen MR) is 96.1 cm³/mol. The average molecular weight is 330 g/mol. The highest BCUT2D eigenvalue weighted by atomic mass is 16.5. The summed E-state index contributed by atoms with van der Waals surface area (Å²) in [6, 6.07) is 5.40. The highest BCUT2D eigenvalue weighted by Crippen LogP contribution is 2.29. The first-order valence-electron chi connectivity index (χ1n) is 8.09. The summed E-state index contributed by atoms with van der Waals surface area (Å²) in [5.41, 5.74) is 1.43. The summed E-state index contributed by atoms with van der Waals surface area (Å²) in [6.07, 6.45) is 0. The molecule has 0 fully saturated rings. The Balaban J connectivity index is 2.41. The van der Waals surface area contributed by atoms with Crippen molar-refractivity contribution >= 4 is 22.5 Å². The second kappa shape index (κ2) is 6.77. The topological polar surface area (TPSA) is 62.4 Å². The van der Waals surface area contributed by atoms with E-state index in [1.165, 1.54) is 6.92 Å². The number of ketones is 2. The van der Waals surface area contributed by atoms with Gasteiger partial charge in [0, 0.05) is 28.9 Å². The van der Waals surface area contributed by atoms with Gasteiger partial charge in [0.05, 0.1) is 11.3 Å². The summed E-state index contributed by atoms with van der Waals surface area (Å²) >= 11 is 0. The number of aromatic amines is 1. The molecule has 2 rings (SSSR count). The SMILES string of the molecule is CC(=O)c1cc2cc(C(=O)C(C)(C)C)[nH]c2cc1OCCN(C)C. The normalized spacial score (nSPS) is 12.0. The fraction of sp³-hybridized carbons (Fsp3) is 0.474. The third-order valence-electron chi connectivity index (χ3n) is 3.82. The lowest BCUT2D eigenvalue weighted by atomic mass is 9.89. The molecule has 1 aromatic heterocycles. The van der Waals surface area contributed by atoms with E-state index in [-0.39, 0.29) is 11.6 Å². The first kappa shape index (κ1) is 18.2. The lowest BCUT2D eigenvalue weighted by molar-refractivity contribution is 0.0853. The fourth-order valence-electron chi connectivity index (χ4n) is 2.42. The molecule has 0 atom stereocenters. The first-order chi connectivity index (χ1) is 11.1. The number of nitrogens with one attached hydrogen (secondary N) is 1. The number of carbonyl (C=O) groups is 2. The third-order valence-corrected chi connectivity index (χ3v) is 3.82. The summed E-state index contributed by atoms with van der Waals surface area (Å²) < 4.78 is 5.79. The van der Waals surface area contributed by atoms with Gasteiger partial charge < -0.3 is 14.6 Å². The Bertz CT molecular complexity index is 767. The van der Waals surface area contributed by atoms with E-state index in [0.717, 1.165) is 17.4 Å². The van der Waals surface area contributed by atoms with Gasteiger partial charge in [-0.1, -0.05) is 20.8 Å². The largest absolute Gasteiger partial charge is 0.491 e. The molecule has 130 valence electrons. The molecule has 0 aliphatic carbocycles. The molecule has 0 bridgehead atoms. The minimum atomic E-state index is -0.463. The highest BCUT2D eigenvalue weighted by Gasteiger charge is 2.25. The minimum Gasteiger partial charge on any atom is -0.491 e. The van der Waals surface area contributed by atoms with E-state index in [2.05, 4.69) is 4.98 Å². The van der Waals surface area contributed by atoms with Gasteiger partial charge in [0.1, 0.15) is 12.4 Å². The van der Waals surface area contributed by atoms with Crippen LogP contribution >= 0.6 is 0 Å². The molecule has 24 heavy (non-hydrogen) atoms. The number of likely N-dealkylation sites (N-methyl/N-ethyl adjacent to an activating group) is 1. The van der Waals surface area contributed by atoms with Crippen LogP contribution in [-0.4, -0.2) is 48.7 Å². The van der Waals surface area contributed by atoms with Crippen LogP contribution in [0.5, 0.6) is 5.75 Å². The second-order valence-electron chi connectivity index (χ2n) is 7.41. The number of benzene rings is 1. The Morgan fingerprint density at radius 2 is 1.83 bits per heavy atom. The molecule has 0 aliphatic heterocycles. The zero-order chi connectivity index (χ0) is 18.1. The van der Waals surface area contributed by atoms with E-state index in [1.807, 2.05) is 39.8 Å². The van der Waals surface area contributed by atoms with Crippen molar-refractivity contribution in [3.63, 3.8) is 0 Å². The summed E-state index contributed by atoms with van der Waals surface area (Å²) in [6.45, 7) is 8.43. The van der Waals surface area contributed by atoms with E-state index in [4.69, 9.17) is 4.74 Å². The Kier molecular flexibility index (Phi) is 5.13. The van der Waals surface area contributed by atoms with Crippen molar-refractivity contribution in [1.82, 2.24) is 9.88 Å². The predicted octanol–water partition coefficient (Wildman–Crippen LogP) is 3.54. The smallest absolute Gasteiger partial charge is 0.184 e. The molecule has 1 N–H and O–H groups in total. The lowest BCUT2D eigenvalue weighted by Gasteiger charge is -2.14. The zero-order valence-electron chi connectivity index (χ0n) is 15.3. The van der Waals surface area contributed by atoms with Gasteiger partial charge in [-0.2, -0.15) is 0 Å². The number of carbonyl (C=O) groups excluding carboxylic acids is 2. The van der Waals surface area contributed by atoms with Crippen molar-refractivity contribution in [2.24, 2.45) is 5.41 Å². The third kappa shape index (κ3) is 4.03. The van der Waals surface area contributed by atoms with Crippen molar-refractivity contribution in [3.05, 3.63) is 29.5 Å². The minimum absolute atomic E-state index is 0.0400. The zero-order valence-corrected chi connectivity index (χ0v) is 15.3. The number of fused-ring (bicyclic) bond motifs is 1. The van der Waals surface area contributed by atoms with Crippen LogP contribution < -0.4 is 4.74 Å². The molecule has 0 saturated heterocycles. The van der Waals surface area contributed by atoms with Gasteiger partial charge in [-0.3, -0.25) is 9.59 Å². The molecule has 0 amide bonds. The maximum absolute atomic E-state index is 12.5. The molecule has 1 heterocycles. The summed E-state index contributed by atoms with van der Waals surface area (Å²) in [4.78, 5) is 29.6. The molecule has 0 saturated carbocycles. The molecular formula is C19H26N2O3. The van der Waals surface area contributed by atoms with E-state index < -0.39 is 5.41 Å². The fourth-order valence-corrected chi connectivity index (χ4v) is 2.42. The van der Waals surface area contributed by atoms with Gasteiger partial charge >= 0.3 is 0 Å². The van der Waals surface area contributed by atoms with Crippen LogP contribution in [0.1, 0.15) is 48.5 Å². The van der Waals surface area contributed by atoms with Gasteiger partial charge in [-0.15, -0.1) is 0 Å². The van der Waals surface area contributed by atoms with E-state index in [1.54, 1.807) is 18.2 Å². The summed E-state index contributed by atoms with van der Waals surface area (Å²) in [7, 11) is 3.93. The van der Waals surface area contributed by atoms with Crippen molar-refractivity contribution in [2.75, 3.05) is 27.2 Å². The van der Waals surface area contributed by atoms with Gasteiger partial charge in [0.25, 0.3) is 0 Å². The first-order valence-corrected chi connectivity index (χ1v) is 8.09. The van der Waals surface area contributed by atoms with Crippen LogP contribution in [-0.2, 0) is 0 Å². The lowest BCUT2D eigenvalue weighted by Crippen LogP contribution is -2.20. The maximum Gasteiger partial charge on any atom is 0.184 e. The molecule has 0 spiro atoms. The molecule has 2 aromatic rings. The Hall–Kier alpha value is -2.14. The molecule has 0 unspecified atom stereocenters. The van der Waals surface area contributed by atoms with Crippen molar-refractivity contribution in [1.29, 1.82) is 0 Å². The number of nitrogens with zero attached hydrogens (tertiary/aromatic N) is 1. The number of rotatable bonds is 6. The van der Waals surface area contributed by atoms with Crippen LogP contribution in [0.15, 0.2) is 18.2 Å². The number of hydrogen-bond acceptors (Lipinski definition) is 4. The Labute approximate surface area is 143 Å². The van der Waals surface area contributed by atoms with E-state index >= 15 is 0 Å². The maximum atomic E-state index is 12.5. The Morgan fingerprint density at radius 1 is 1.17 bits per heavy atom. The van der Waals surface area contributed by atoms with Crippen molar-refractivity contribution in [2.45, 2.75) is 27.7 Å². The van der Waals surface area contributed by atoms with E-state index in [0.29, 0.717) is 23.6 Å². The quantitative estimate of drug-likeness (QED) is 0.823.